The van der Waals surface area contributed by atoms with E-state index in [9.17, 15) is 10.5 Å². The lowest BCUT2D eigenvalue weighted by molar-refractivity contribution is 1.19. The van der Waals surface area contributed by atoms with E-state index in [2.05, 4.69) is 38.0 Å². The molecule has 0 amide bonds. The molecule has 0 saturated heterocycles. The topological polar surface area (TPSA) is 86.2 Å². The van der Waals surface area contributed by atoms with Gasteiger partial charge in [-0.25, -0.2) is 15.0 Å². The van der Waals surface area contributed by atoms with Crippen molar-refractivity contribution in [3.63, 3.8) is 0 Å². The van der Waals surface area contributed by atoms with Crippen LogP contribution in [0.2, 0.25) is 0 Å². The Morgan fingerprint density at radius 3 is 1.59 bits per heavy atom. The molecule has 3 aromatic heterocycles. The molecule has 0 aliphatic carbocycles. The van der Waals surface area contributed by atoms with Gasteiger partial charge in [-0.1, -0.05) is 40.2 Å². The number of halogens is 1. The van der Waals surface area contributed by atoms with Crippen molar-refractivity contribution >= 4 is 15.9 Å². The summed E-state index contributed by atoms with van der Waals surface area (Å²) in [6.07, 6.45) is 0. The summed E-state index contributed by atoms with van der Waals surface area (Å²) in [6, 6.07) is 26.4. The molecule has 136 valence electrons. The predicted octanol–water partition coefficient (Wildman–Crippen LogP) is 5.38. The smallest absolute Gasteiger partial charge is 0.141 e. The molecule has 6 heteroatoms. The van der Waals surface area contributed by atoms with Crippen molar-refractivity contribution in [3.8, 4) is 46.0 Å². The maximum absolute atomic E-state index is 9.18. The number of hydrogen-bond donors (Lipinski definition) is 0. The molecule has 1 aromatic carbocycles. The lowest BCUT2D eigenvalue weighted by Gasteiger charge is -2.10. The van der Waals surface area contributed by atoms with Crippen molar-refractivity contribution in [2.24, 2.45) is 0 Å². The van der Waals surface area contributed by atoms with Gasteiger partial charge in [0.05, 0.1) is 22.8 Å². The Hall–Kier alpha value is -3.87. The van der Waals surface area contributed by atoms with E-state index in [-0.39, 0.29) is 0 Å². The van der Waals surface area contributed by atoms with Gasteiger partial charge in [0.25, 0.3) is 0 Å². The first kappa shape index (κ1) is 18.5. The van der Waals surface area contributed by atoms with Crippen molar-refractivity contribution in [2.45, 2.75) is 0 Å². The van der Waals surface area contributed by atoms with Gasteiger partial charge in [-0.05, 0) is 59.7 Å². The van der Waals surface area contributed by atoms with Gasteiger partial charge in [-0.3, -0.25) is 0 Å². The lowest BCUT2D eigenvalue weighted by Crippen LogP contribution is -1.96. The van der Waals surface area contributed by atoms with Crippen LogP contribution in [0.3, 0.4) is 0 Å². The van der Waals surface area contributed by atoms with Crippen LogP contribution in [0.5, 0.6) is 0 Å². The fraction of sp³-hybridized carbons (Fsp3) is 0. The quantitative estimate of drug-likeness (QED) is 0.429. The maximum atomic E-state index is 9.18. The Balaban J connectivity index is 1.93. The number of hydrogen-bond acceptors (Lipinski definition) is 5. The van der Waals surface area contributed by atoms with E-state index in [1.165, 1.54) is 0 Å². The van der Waals surface area contributed by atoms with Crippen molar-refractivity contribution in [3.05, 3.63) is 88.7 Å². The van der Waals surface area contributed by atoms with Gasteiger partial charge in [-0.15, -0.1) is 0 Å². The zero-order chi connectivity index (χ0) is 20.2. The van der Waals surface area contributed by atoms with E-state index in [0.29, 0.717) is 34.2 Å². The Labute approximate surface area is 176 Å². The van der Waals surface area contributed by atoms with Crippen LogP contribution in [0.15, 0.2) is 77.3 Å². The number of benzene rings is 1. The Morgan fingerprint density at radius 2 is 1.10 bits per heavy atom. The van der Waals surface area contributed by atoms with Crippen LogP contribution in [-0.4, -0.2) is 15.0 Å². The molecular weight excluding hydrogens is 426 g/mol. The van der Waals surface area contributed by atoms with E-state index < -0.39 is 0 Å². The van der Waals surface area contributed by atoms with Gasteiger partial charge in [-0.2, -0.15) is 10.5 Å². The van der Waals surface area contributed by atoms with Crippen molar-refractivity contribution in [2.75, 3.05) is 0 Å². The van der Waals surface area contributed by atoms with Crippen LogP contribution in [0.4, 0.5) is 0 Å². The van der Waals surface area contributed by atoms with Crippen molar-refractivity contribution in [1.82, 2.24) is 15.0 Å². The highest BCUT2D eigenvalue weighted by Gasteiger charge is 2.11. The molecule has 0 saturated carbocycles. The Morgan fingerprint density at radius 1 is 0.586 bits per heavy atom. The second-order valence-electron chi connectivity index (χ2n) is 6.17. The standard InChI is InChI=1S/C23H12BrN5/c24-17-9-7-15(8-10-17)16-11-22(20-5-1-3-18(13-25)27-20)29-23(12-16)21-6-2-4-19(14-26)28-21/h1-12H. The molecule has 0 aliphatic rings. The third-order valence-electron chi connectivity index (χ3n) is 4.26. The summed E-state index contributed by atoms with van der Waals surface area (Å²) in [5.41, 5.74) is 5.04. The summed E-state index contributed by atoms with van der Waals surface area (Å²) in [5, 5.41) is 18.4. The molecule has 29 heavy (non-hydrogen) atoms. The summed E-state index contributed by atoms with van der Waals surface area (Å²) in [6.45, 7) is 0. The molecule has 5 nitrogen and oxygen atoms in total. The molecule has 0 N–H and O–H groups in total. The van der Waals surface area contributed by atoms with E-state index >= 15 is 0 Å². The minimum Gasteiger partial charge on any atom is -0.244 e. The van der Waals surface area contributed by atoms with Crippen LogP contribution in [0.25, 0.3) is 33.9 Å². The second kappa shape index (κ2) is 8.02. The number of aromatic nitrogens is 3. The number of nitrogens with zero attached hydrogens (tertiary/aromatic N) is 5. The number of rotatable bonds is 3. The van der Waals surface area contributed by atoms with E-state index in [0.717, 1.165) is 15.6 Å². The van der Waals surface area contributed by atoms with Gasteiger partial charge in [0.2, 0.25) is 0 Å². The van der Waals surface area contributed by atoms with E-state index in [4.69, 9.17) is 4.98 Å². The molecule has 4 rings (SSSR count). The Kier molecular flexibility index (Phi) is 5.11. The molecule has 4 aromatic rings. The first-order valence-electron chi connectivity index (χ1n) is 8.69. The van der Waals surface area contributed by atoms with Gasteiger partial charge >= 0.3 is 0 Å². The molecule has 0 fully saturated rings. The van der Waals surface area contributed by atoms with Gasteiger partial charge in [0.15, 0.2) is 0 Å². The number of nitriles is 2. The fourth-order valence-electron chi connectivity index (χ4n) is 2.88. The summed E-state index contributed by atoms with van der Waals surface area (Å²) >= 11 is 3.46. The molecule has 3 heterocycles. The predicted molar refractivity (Wildman–Crippen MR) is 113 cm³/mol. The number of pyridine rings is 3. The largest absolute Gasteiger partial charge is 0.244 e. The summed E-state index contributed by atoms with van der Waals surface area (Å²) in [4.78, 5) is 13.5. The van der Waals surface area contributed by atoms with Crippen LogP contribution >= 0.6 is 15.9 Å². The average molecular weight is 438 g/mol. The molecule has 0 atom stereocenters. The van der Waals surface area contributed by atoms with Gasteiger partial charge in [0.1, 0.15) is 23.5 Å². The van der Waals surface area contributed by atoms with Crippen LogP contribution < -0.4 is 0 Å². The maximum Gasteiger partial charge on any atom is 0.141 e. The normalized spacial score (nSPS) is 10.2. The Bertz CT molecular complexity index is 1210. The zero-order valence-electron chi connectivity index (χ0n) is 15.0. The summed E-state index contributed by atoms with van der Waals surface area (Å²) in [5.74, 6) is 0. The molecule has 0 bridgehead atoms. The van der Waals surface area contributed by atoms with Crippen molar-refractivity contribution in [1.29, 1.82) is 10.5 Å². The van der Waals surface area contributed by atoms with Crippen LogP contribution in [0, 0.1) is 22.7 Å². The minimum absolute atomic E-state index is 0.324. The molecule has 0 unspecified atom stereocenters. The molecule has 0 radical (unpaired) electrons. The molecule has 0 spiro atoms. The highest BCUT2D eigenvalue weighted by molar-refractivity contribution is 9.10. The first-order chi connectivity index (χ1) is 14.2. The first-order valence-corrected chi connectivity index (χ1v) is 9.48. The molecule has 0 aliphatic heterocycles. The lowest BCUT2D eigenvalue weighted by atomic mass is 10.0. The highest BCUT2D eigenvalue weighted by atomic mass is 79.9. The van der Waals surface area contributed by atoms with E-state index in [1.54, 1.807) is 24.3 Å². The average Bonchev–Trinajstić information content (AvgIpc) is 2.79. The minimum atomic E-state index is 0.324. The molecular formula is C23H12BrN5. The summed E-state index contributed by atoms with van der Waals surface area (Å²) in [7, 11) is 0. The van der Waals surface area contributed by atoms with Crippen molar-refractivity contribution < 1.29 is 0 Å². The third-order valence-corrected chi connectivity index (χ3v) is 4.78. The van der Waals surface area contributed by atoms with Crippen LogP contribution in [-0.2, 0) is 0 Å². The summed E-state index contributed by atoms with van der Waals surface area (Å²) < 4.78 is 0.988. The third kappa shape index (κ3) is 4.03. The van der Waals surface area contributed by atoms with Crippen LogP contribution in [0.1, 0.15) is 11.4 Å². The SMILES string of the molecule is N#Cc1cccc(-c2cc(-c3ccc(Br)cc3)cc(-c3cccc(C#N)n3)n2)n1. The van der Waals surface area contributed by atoms with Gasteiger partial charge in [0, 0.05) is 4.47 Å². The fourth-order valence-corrected chi connectivity index (χ4v) is 3.15. The zero-order valence-corrected chi connectivity index (χ0v) is 16.6. The second-order valence-corrected chi connectivity index (χ2v) is 7.09. The van der Waals surface area contributed by atoms with E-state index in [1.807, 2.05) is 48.5 Å². The highest BCUT2D eigenvalue weighted by Crippen LogP contribution is 2.29. The monoisotopic (exact) mass is 437 g/mol. The van der Waals surface area contributed by atoms with Gasteiger partial charge < -0.3 is 0 Å².